The van der Waals surface area contributed by atoms with Crippen LogP contribution in [0.15, 0.2) is 0 Å². The molecule has 0 atom stereocenters. The second kappa shape index (κ2) is 3.94. The molecule has 0 radical (unpaired) electrons. The predicted molar refractivity (Wildman–Crippen MR) is 39.7 cm³/mol. The van der Waals surface area contributed by atoms with Gasteiger partial charge in [-0.15, -0.1) is 0 Å². The maximum absolute atomic E-state index is 9.13. The molecule has 0 spiro atoms. The lowest BCUT2D eigenvalue weighted by molar-refractivity contribution is 0.0998. The zero-order chi connectivity index (χ0) is 7.40. The lowest BCUT2D eigenvalue weighted by Gasteiger charge is -2.24. The van der Waals surface area contributed by atoms with Crippen molar-refractivity contribution in [3.05, 3.63) is 0 Å². The molecule has 0 unspecified atom stereocenters. The SMILES string of the molecule is OCC[C@H]1CC[C@@H](O)CC1. The maximum Gasteiger partial charge on any atom is 0.0540 e. The average molecular weight is 144 g/mol. The topological polar surface area (TPSA) is 40.5 Å². The normalized spacial score (nSPS) is 34.2. The summed E-state index contributed by atoms with van der Waals surface area (Å²) in [6, 6.07) is 0. The minimum atomic E-state index is -0.0602. The molecule has 1 fully saturated rings. The third kappa shape index (κ3) is 2.27. The monoisotopic (exact) mass is 144 g/mol. The molecule has 2 heteroatoms. The van der Waals surface area contributed by atoms with E-state index >= 15 is 0 Å². The Morgan fingerprint density at radius 3 is 2.20 bits per heavy atom. The van der Waals surface area contributed by atoms with E-state index in [1.54, 1.807) is 0 Å². The summed E-state index contributed by atoms with van der Waals surface area (Å²) < 4.78 is 0. The van der Waals surface area contributed by atoms with Crippen molar-refractivity contribution in [2.75, 3.05) is 6.61 Å². The molecule has 2 N–H and O–H groups in total. The standard InChI is InChI=1S/C8H16O2/c9-6-5-7-1-3-8(10)4-2-7/h7-10H,1-6H2/t7-,8+. The van der Waals surface area contributed by atoms with Crippen LogP contribution in [0.3, 0.4) is 0 Å². The van der Waals surface area contributed by atoms with Crippen molar-refractivity contribution in [3.63, 3.8) is 0 Å². The fourth-order valence-corrected chi connectivity index (χ4v) is 1.62. The van der Waals surface area contributed by atoms with E-state index in [-0.39, 0.29) is 6.10 Å². The van der Waals surface area contributed by atoms with E-state index in [1.165, 1.54) is 0 Å². The van der Waals surface area contributed by atoms with E-state index in [0.29, 0.717) is 12.5 Å². The molecule has 0 bridgehead atoms. The van der Waals surface area contributed by atoms with E-state index in [1.807, 2.05) is 0 Å². The van der Waals surface area contributed by atoms with Crippen molar-refractivity contribution in [1.29, 1.82) is 0 Å². The quantitative estimate of drug-likeness (QED) is 0.605. The summed E-state index contributed by atoms with van der Waals surface area (Å²) >= 11 is 0. The fraction of sp³-hybridized carbons (Fsp3) is 1.00. The lowest BCUT2D eigenvalue weighted by Crippen LogP contribution is -2.18. The van der Waals surface area contributed by atoms with Gasteiger partial charge in [0.1, 0.15) is 0 Å². The van der Waals surface area contributed by atoms with Crippen LogP contribution in [0.4, 0.5) is 0 Å². The summed E-state index contributed by atoms with van der Waals surface area (Å²) in [4.78, 5) is 0. The van der Waals surface area contributed by atoms with Gasteiger partial charge in [0, 0.05) is 6.61 Å². The van der Waals surface area contributed by atoms with Gasteiger partial charge in [0.05, 0.1) is 6.10 Å². The van der Waals surface area contributed by atoms with Gasteiger partial charge in [-0.2, -0.15) is 0 Å². The summed E-state index contributed by atoms with van der Waals surface area (Å²) in [7, 11) is 0. The summed E-state index contributed by atoms with van der Waals surface area (Å²) in [5.74, 6) is 0.674. The number of hydrogen-bond acceptors (Lipinski definition) is 2. The Bertz CT molecular complexity index is 85.3. The van der Waals surface area contributed by atoms with Gasteiger partial charge < -0.3 is 10.2 Å². The Hall–Kier alpha value is -0.0800. The highest BCUT2D eigenvalue weighted by Gasteiger charge is 2.18. The van der Waals surface area contributed by atoms with Gasteiger partial charge in [-0.05, 0) is 38.0 Å². The molecule has 0 amide bonds. The summed E-state index contributed by atoms with van der Waals surface area (Å²) in [6.45, 7) is 0.306. The lowest BCUT2D eigenvalue weighted by atomic mass is 9.86. The predicted octanol–water partition coefficient (Wildman–Crippen LogP) is 0.920. The molecular formula is C8H16O2. The third-order valence-electron chi connectivity index (χ3n) is 2.35. The largest absolute Gasteiger partial charge is 0.396 e. The Kier molecular flexibility index (Phi) is 3.16. The Morgan fingerprint density at radius 1 is 1.10 bits per heavy atom. The Labute approximate surface area is 61.9 Å². The number of aliphatic hydroxyl groups is 2. The van der Waals surface area contributed by atoms with Crippen LogP contribution in [0.1, 0.15) is 32.1 Å². The van der Waals surface area contributed by atoms with Crippen molar-refractivity contribution in [2.24, 2.45) is 5.92 Å². The highest BCUT2D eigenvalue weighted by molar-refractivity contribution is 4.70. The molecule has 1 aliphatic carbocycles. The van der Waals surface area contributed by atoms with Crippen LogP contribution in [0.25, 0.3) is 0 Å². The van der Waals surface area contributed by atoms with E-state index in [2.05, 4.69) is 0 Å². The van der Waals surface area contributed by atoms with Gasteiger partial charge >= 0.3 is 0 Å². The molecular weight excluding hydrogens is 128 g/mol. The summed E-state index contributed by atoms with van der Waals surface area (Å²) in [5.41, 5.74) is 0. The molecule has 0 aromatic carbocycles. The van der Waals surface area contributed by atoms with Crippen LogP contribution in [0, 0.1) is 5.92 Å². The second-order valence-electron chi connectivity index (χ2n) is 3.19. The van der Waals surface area contributed by atoms with Crippen molar-refractivity contribution < 1.29 is 10.2 Å². The minimum Gasteiger partial charge on any atom is -0.396 e. The number of rotatable bonds is 2. The first-order valence-corrected chi connectivity index (χ1v) is 4.12. The van der Waals surface area contributed by atoms with E-state index in [4.69, 9.17) is 10.2 Å². The molecule has 0 aliphatic heterocycles. The molecule has 0 aromatic heterocycles. The highest BCUT2D eigenvalue weighted by atomic mass is 16.3. The smallest absolute Gasteiger partial charge is 0.0540 e. The summed E-state index contributed by atoms with van der Waals surface area (Å²) in [6.07, 6.45) is 4.93. The first kappa shape index (κ1) is 8.02. The van der Waals surface area contributed by atoms with Gasteiger partial charge in [0.25, 0.3) is 0 Å². The van der Waals surface area contributed by atoms with Gasteiger partial charge in [0.2, 0.25) is 0 Å². The van der Waals surface area contributed by atoms with Crippen molar-refractivity contribution in [3.8, 4) is 0 Å². The first-order valence-electron chi connectivity index (χ1n) is 4.12. The number of hydrogen-bond donors (Lipinski definition) is 2. The zero-order valence-electron chi connectivity index (χ0n) is 6.29. The van der Waals surface area contributed by atoms with Crippen LogP contribution in [-0.4, -0.2) is 22.9 Å². The highest BCUT2D eigenvalue weighted by Crippen LogP contribution is 2.26. The third-order valence-corrected chi connectivity index (χ3v) is 2.35. The van der Waals surface area contributed by atoms with E-state index in [0.717, 1.165) is 32.1 Å². The van der Waals surface area contributed by atoms with Crippen LogP contribution in [0.2, 0.25) is 0 Å². The number of aliphatic hydroxyl groups excluding tert-OH is 2. The summed E-state index contributed by atoms with van der Waals surface area (Å²) in [5, 5.41) is 17.8. The van der Waals surface area contributed by atoms with Crippen LogP contribution in [0.5, 0.6) is 0 Å². The van der Waals surface area contributed by atoms with Gasteiger partial charge in [0.15, 0.2) is 0 Å². The molecule has 1 rings (SSSR count). The van der Waals surface area contributed by atoms with E-state index < -0.39 is 0 Å². The Morgan fingerprint density at radius 2 is 1.70 bits per heavy atom. The van der Waals surface area contributed by atoms with Gasteiger partial charge in [-0.1, -0.05) is 0 Å². The first-order chi connectivity index (χ1) is 4.83. The average Bonchev–Trinajstić information content (AvgIpc) is 1.95. The Balaban J connectivity index is 2.13. The fourth-order valence-electron chi connectivity index (χ4n) is 1.62. The molecule has 0 aromatic rings. The molecule has 1 aliphatic rings. The van der Waals surface area contributed by atoms with Crippen LogP contribution >= 0.6 is 0 Å². The van der Waals surface area contributed by atoms with Crippen LogP contribution < -0.4 is 0 Å². The maximum atomic E-state index is 9.13. The molecule has 60 valence electrons. The van der Waals surface area contributed by atoms with Gasteiger partial charge in [-0.3, -0.25) is 0 Å². The minimum absolute atomic E-state index is 0.0602. The van der Waals surface area contributed by atoms with Crippen molar-refractivity contribution in [2.45, 2.75) is 38.2 Å². The van der Waals surface area contributed by atoms with Crippen molar-refractivity contribution in [1.82, 2.24) is 0 Å². The molecule has 10 heavy (non-hydrogen) atoms. The zero-order valence-corrected chi connectivity index (χ0v) is 6.29. The molecule has 0 saturated heterocycles. The van der Waals surface area contributed by atoms with Crippen LogP contribution in [-0.2, 0) is 0 Å². The van der Waals surface area contributed by atoms with Gasteiger partial charge in [-0.25, -0.2) is 0 Å². The molecule has 1 saturated carbocycles. The second-order valence-corrected chi connectivity index (χ2v) is 3.19. The van der Waals surface area contributed by atoms with E-state index in [9.17, 15) is 0 Å². The molecule has 2 nitrogen and oxygen atoms in total. The molecule has 0 heterocycles. The van der Waals surface area contributed by atoms with Crippen molar-refractivity contribution >= 4 is 0 Å².